The summed E-state index contributed by atoms with van der Waals surface area (Å²) in [4.78, 5) is 14.6. The SMILES string of the molecule is C[C@@H]1CN(c2ccc3c(n2)-n2c(nc4ccccc42)C(N2CC[C@H](F)C2)N3)C[C@H](C)N1. The zero-order valence-electron chi connectivity index (χ0n) is 17.9. The minimum atomic E-state index is -0.779. The highest BCUT2D eigenvalue weighted by Gasteiger charge is 2.37. The maximum absolute atomic E-state index is 14.0. The van der Waals surface area contributed by atoms with Gasteiger partial charge in [-0.3, -0.25) is 9.47 Å². The number of hydrogen-bond donors (Lipinski definition) is 2. The maximum atomic E-state index is 14.0. The summed E-state index contributed by atoms with van der Waals surface area (Å²) in [6, 6.07) is 13.2. The highest BCUT2D eigenvalue weighted by Crippen LogP contribution is 2.39. The largest absolute Gasteiger partial charge is 0.360 e. The summed E-state index contributed by atoms with van der Waals surface area (Å²) in [7, 11) is 0. The monoisotopic (exact) mass is 421 g/mol. The van der Waals surface area contributed by atoms with E-state index >= 15 is 0 Å². The van der Waals surface area contributed by atoms with Crippen molar-refractivity contribution in [2.75, 3.05) is 36.4 Å². The Bertz CT molecular complexity index is 1120. The van der Waals surface area contributed by atoms with E-state index in [0.717, 1.165) is 53.8 Å². The van der Waals surface area contributed by atoms with Crippen LogP contribution in [0, 0.1) is 0 Å². The van der Waals surface area contributed by atoms with E-state index in [1.54, 1.807) is 0 Å². The lowest BCUT2D eigenvalue weighted by Crippen LogP contribution is -2.54. The number of nitrogens with one attached hydrogen (secondary N) is 2. The predicted molar refractivity (Wildman–Crippen MR) is 121 cm³/mol. The number of fused-ring (bicyclic) bond motifs is 5. The number of anilines is 2. The van der Waals surface area contributed by atoms with Crippen molar-refractivity contribution in [2.45, 2.75) is 44.7 Å². The third-order valence-corrected chi connectivity index (χ3v) is 6.60. The number of benzene rings is 1. The van der Waals surface area contributed by atoms with E-state index in [2.05, 4.69) is 57.0 Å². The van der Waals surface area contributed by atoms with Gasteiger partial charge >= 0.3 is 0 Å². The van der Waals surface area contributed by atoms with Gasteiger partial charge in [-0.1, -0.05) is 12.1 Å². The summed E-state index contributed by atoms with van der Waals surface area (Å²) in [5, 5.41) is 7.19. The number of imidazole rings is 1. The number of rotatable bonds is 2. The Morgan fingerprint density at radius 3 is 2.58 bits per heavy atom. The van der Waals surface area contributed by atoms with Crippen molar-refractivity contribution >= 4 is 22.5 Å². The van der Waals surface area contributed by atoms with Crippen molar-refractivity contribution in [3.63, 3.8) is 0 Å². The van der Waals surface area contributed by atoms with Gasteiger partial charge in [-0.15, -0.1) is 0 Å². The molecule has 2 aromatic heterocycles. The first-order valence-electron chi connectivity index (χ1n) is 11.2. The number of piperazine rings is 1. The van der Waals surface area contributed by atoms with Gasteiger partial charge < -0.3 is 15.5 Å². The second kappa shape index (κ2) is 7.17. The molecule has 5 heterocycles. The lowest BCUT2D eigenvalue weighted by Gasteiger charge is -2.38. The van der Waals surface area contributed by atoms with E-state index in [1.807, 2.05) is 18.2 Å². The molecule has 7 nitrogen and oxygen atoms in total. The molecule has 6 rings (SSSR count). The molecule has 3 aliphatic rings. The second-order valence-corrected chi connectivity index (χ2v) is 9.14. The minimum absolute atomic E-state index is 0.160. The molecular formula is C23H28FN7. The second-order valence-electron chi connectivity index (χ2n) is 9.14. The molecule has 162 valence electrons. The summed E-state index contributed by atoms with van der Waals surface area (Å²) in [5.74, 6) is 2.73. The number of hydrogen-bond acceptors (Lipinski definition) is 6. The number of likely N-dealkylation sites (tertiary alicyclic amines) is 1. The third-order valence-electron chi connectivity index (χ3n) is 6.60. The average Bonchev–Trinajstić information content (AvgIpc) is 3.36. The van der Waals surface area contributed by atoms with Gasteiger partial charge in [0.05, 0.1) is 16.7 Å². The number of pyridine rings is 1. The van der Waals surface area contributed by atoms with Crippen molar-refractivity contribution in [2.24, 2.45) is 0 Å². The van der Waals surface area contributed by atoms with Crippen LogP contribution in [-0.4, -0.2) is 63.9 Å². The fourth-order valence-corrected chi connectivity index (χ4v) is 5.31. The summed E-state index contributed by atoms with van der Waals surface area (Å²) >= 11 is 0. The van der Waals surface area contributed by atoms with Crippen LogP contribution in [0.4, 0.5) is 15.9 Å². The Morgan fingerprint density at radius 2 is 1.81 bits per heavy atom. The Balaban J connectivity index is 1.47. The minimum Gasteiger partial charge on any atom is -0.360 e. The van der Waals surface area contributed by atoms with Gasteiger partial charge in [0.2, 0.25) is 0 Å². The summed E-state index contributed by atoms with van der Waals surface area (Å²) in [6.07, 6.45) is -0.368. The highest BCUT2D eigenvalue weighted by atomic mass is 19.1. The van der Waals surface area contributed by atoms with Crippen molar-refractivity contribution in [3.8, 4) is 5.82 Å². The molecule has 0 bridgehead atoms. The first kappa shape index (κ1) is 19.0. The number of halogens is 1. The number of para-hydroxylation sites is 2. The lowest BCUT2D eigenvalue weighted by molar-refractivity contribution is 0.231. The van der Waals surface area contributed by atoms with Crippen molar-refractivity contribution < 1.29 is 4.39 Å². The predicted octanol–water partition coefficient (Wildman–Crippen LogP) is 3.08. The fourth-order valence-electron chi connectivity index (χ4n) is 5.31. The number of alkyl halides is 1. The quantitative estimate of drug-likeness (QED) is 0.663. The van der Waals surface area contributed by atoms with Crippen LogP contribution >= 0.6 is 0 Å². The molecule has 1 unspecified atom stereocenters. The zero-order chi connectivity index (χ0) is 21.1. The summed E-state index contributed by atoms with van der Waals surface area (Å²) in [5.41, 5.74) is 2.93. The number of nitrogens with zero attached hydrogens (tertiary/aromatic N) is 5. The molecule has 1 aromatic carbocycles. The van der Waals surface area contributed by atoms with Gasteiger partial charge in [-0.05, 0) is 44.5 Å². The third kappa shape index (κ3) is 3.16. The van der Waals surface area contributed by atoms with Gasteiger partial charge in [0.15, 0.2) is 11.6 Å². The van der Waals surface area contributed by atoms with Crippen LogP contribution in [-0.2, 0) is 0 Å². The molecule has 4 atom stereocenters. The van der Waals surface area contributed by atoms with Crippen LogP contribution in [0.25, 0.3) is 16.9 Å². The van der Waals surface area contributed by atoms with Crippen LogP contribution in [0.1, 0.15) is 32.3 Å². The average molecular weight is 422 g/mol. The first-order valence-corrected chi connectivity index (χ1v) is 11.2. The molecule has 0 spiro atoms. The van der Waals surface area contributed by atoms with Gasteiger partial charge in [0, 0.05) is 38.3 Å². The molecular weight excluding hydrogens is 393 g/mol. The normalized spacial score (nSPS) is 28.4. The molecule has 2 fully saturated rings. The standard InChI is InChI=1S/C23H28FN7/c1-14-11-30(12-15(2)25-14)20-8-7-18-21(28-20)31-19-6-4-3-5-17(19)26-23(31)22(27-18)29-10-9-16(24)13-29/h3-8,14-16,22,25,27H,9-13H2,1-2H3/t14-,15+,16-,22?/m0/s1. The lowest BCUT2D eigenvalue weighted by atomic mass is 10.1. The number of aromatic nitrogens is 3. The molecule has 0 amide bonds. The van der Waals surface area contributed by atoms with E-state index in [0.29, 0.717) is 25.0 Å². The molecule has 0 radical (unpaired) electrons. The van der Waals surface area contributed by atoms with Crippen LogP contribution < -0.4 is 15.5 Å². The van der Waals surface area contributed by atoms with E-state index in [1.165, 1.54) is 0 Å². The Labute approximate surface area is 181 Å². The van der Waals surface area contributed by atoms with E-state index < -0.39 is 6.17 Å². The van der Waals surface area contributed by atoms with Crippen LogP contribution in [0.3, 0.4) is 0 Å². The van der Waals surface area contributed by atoms with Crippen LogP contribution in [0.2, 0.25) is 0 Å². The van der Waals surface area contributed by atoms with Crippen molar-refractivity contribution in [1.29, 1.82) is 0 Å². The molecule has 2 saturated heterocycles. The highest BCUT2D eigenvalue weighted by molar-refractivity contribution is 5.81. The fraction of sp³-hybridized carbons (Fsp3) is 0.478. The van der Waals surface area contributed by atoms with Crippen LogP contribution in [0.5, 0.6) is 0 Å². The van der Waals surface area contributed by atoms with Gasteiger partial charge in [0.1, 0.15) is 18.2 Å². The molecule has 2 N–H and O–H groups in total. The molecule has 8 heteroatoms. The maximum Gasteiger partial charge on any atom is 0.164 e. The molecule has 3 aromatic rings. The van der Waals surface area contributed by atoms with Crippen molar-refractivity contribution in [3.05, 3.63) is 42.2 Å². The van der Waals surface area contributed by atoms with E-state index in [4.69, 9.17) is 9.97 Å². The molecule has 0 aliphatic carbocycles. The Morgan fingerprint density at radius 1 is 1.00 bits per heavy atom. The van der Waals surface area contributed by atoms with E-state index in [9.17, 15) is 4.39 Å². The van der Waals surface area contributed by atoms with E-state index in [-0.39, 0.29) is 6.17 Å². The topological polar surface area (TPSA) is 61.3 Å². The molecule has 0 saturated carbocycles. The van der Waals surface area contributed by atoms with Gasteiger partial charge in [-0.25, -0.2) is 14.4 Å². The summed E-state index contributed by atoms with van der Waals surface area (Å²) < 4.78 is 16.2. The Hall–Kier alpha value is -2.71. The summed E-state index contributed by atoms with van der Waals surface area (Å²) in [6.45, 7) is 7.42. The van der Waals surface area contributed by atoms with Crippen molar-refractivity contribution in [1.82, 2.24) is 24.8 Å². The van der Waals surface area contributed by atoms with Gasteiger partial charge in [-0.2, -0.15) is 0 Å². The van der Waals surface area contributed by atoms with Crippen LogP contribution in [0.15, 0.2) is 36.4 Å². The molecule has 3 aliphatic heterocycles. The zero-order valence-corrected chi connectivity index (χ0v) is 17.9. The smallest absolute Gasteiger partial charge is 0.164 e. The van der Waals surface area contributed by atoms with Gasteiger partial charge in [0.25, 0.3) is 0 Å². The molecule has 31 heavy (non-hydrogen) atoms. The first-order chi connectivity index (χ1) is 15.1. The Kier molecular flexibility index (Phi) is 4.40.